The summed E-state index contributed by atoms with van der Waals surface area (Å²) in [5.74, 6) is 0.894. The van der Waals surface area contributed by atoms with Gasteiger partial charge in [-0.3, -0.25) is 4.79 Å². The number of aldehydes is 1. The third-order valence-electron chi connectivity index (χ3n) is 4.80. The molecule has 1 aromatic carbocycles. The van der Waals surface area contributed by atoms with Crippen LogP contribution in [0.2, 0.25) is 0 Å². The lowest BCUT2D eigenvalue weighted by Crippen LogP contribution is -2.23. The molecule has 1 aromatic rings. The Kier molecular flexibility index (Phi) is 5.39. The Morgan fingerprint density at radius 2 is 1.76 bits per heavy atom. The van der Waals surface area contributed by atoms with Crippen LogP contribution in [0.15, 0.2) is 29.8 Å². The Morgan fingerprint density at radius 1 is 1.14 bits per heavy atom. The Bertz CT molecular complexity index is 487. The molecule has 0 amide bonds. The molecule has 0 bridgehead atoms. The van der Waals surface area contributed by atoms with Gasteiger partial charge in [0, 0.05) is 0 Å². The van der Waals surface area contributed by atoms with Crippen LogP contribution in [-0.4, -0.2) is 6.29 Å². The number of hydrogen-bond acceptors (Lipinski definition) is 1. The van der Waals surface area contributed by atoms with Crippen molar-refractivity contribution in [2.24, 2.45) is 5.92 Å². The van der Waals surface area contributed by atoms with Crippen LogP contribution in [0.5, 0.6) is 0 Å². The molecule has 1 saturated carbocycles. The highest BCUT2D eigenvalue weighted by molar-refractivity contribution is 5.80. The molecule has 0 aliphatic heterocycles. The van der Waals surface area contributed by atoms with Crippen molar-refractivity contribution in [3.63, 3.8) is 0 Å². The molecule has 1 heteroatoms. The van der Waals surface area contributed by atoms with E-state index in [0.717, 1.165) is 23.3 Å². The highest BCUT2D eigenvalue weighted by atomic mass is 16.1. The normalized spacial score (nSPS) is 17.8. The second-order valence-electron chi connectivity index (χ2n) is 7.22. The molecule has 0 radical (unpaired) electrons. The molecule has 1 nitrogen and oxygen atoms in total. The van der Waals surface area contributed by atoms with Crippen LogP contribution in [0.3, 0.4) is 0 Å². The van der Waals surface area contributed by atoms with Crippen LogP contribution in [0.4, 0.5) is 0 Å². The number of allylic oxidation sites excluding steroid dienone is 1. The second-order valence-corrected chi connectivity index (χ2v) is 7.22. The summed E-state index contributed by atoms with van der Waals surface area (Å²) in [5.41, 5.74) is 3.53. The van der Waals surface area contributed by atoms with Crippen LogP contribution >= 0.6 is 0 Å². The van der Waals surface area contributed by atoms with Gasteiger partial charge in [-0.05, 0) is 47.5 Å². The van der Waals surface area contributed by atoms with Gasteiger partial charge in [-0.1, -0.05) is 70.2 Å². The van der Waals surface area contributed by atoms with E-state index >= 15 is 0 Å². The monoisotopic (exact) mass is 284 g/mol. The third kappa shape index (κ3) is 4.56. The predicted octanol–water partition coefficient (Wildman–Crippen LogP) is 5.54. The summed E-state index contributed by atoms with van der Waals surface area (Å²) in [5, 5.41) is 0. The van der Waals surface area contributed by atoms with Gasteiger partial charge >= 0.3 is 0 Å². The van der Waals surface area contributed by atoms with E-state index in [-0.39, 0.29) is 5.41 Å². The molecule has 1 aliphatic rings. The van der Waals surface area contributed by atoms with Crippen molar-refractivity contribution in [1.82, 2.24) is 0 Å². The van der Waals surface area contributed by atoms with E-state index in [2.05, 4.69) is 38.1 Å². The molecule has 21 heavy (non-hydrogen) atoms. The van der Waals surface area contributed by atoms with Gasteiger partial charge in [-0.2, -0.15) is 0 Å². The van der Waals surface area contributed by atoms with Crippen molar-refractivity contribution in [3.05, 3.63) is 41.0 Å². The van der Waals surface area contributed by atoms with Crippen LogP contribution < -0.4 is 0 Å². The average Bonchev–Trinajstić information content (AvgIpc) is 2.48. The molecule has 0 unspecified atom stereocenters. The van der Waals surface area contributed by atoms with E-state index in [0.29, 0.717) is 0 Å². The number of benzene rings is 1. The van der Waals surface area contributed by atoms with Crippen molar-refractivity contribution < 1.29 is 4.79 Å². The molecule has 0 N–H and O–H groups in total. The van der Waals surface area contributed by atoms with Gasteiger partial charge in [0.2, 0.25) is 0 Å². The maximum absolute atomic E-state index is 10.7. The lowest BCUT2D eigenvalue weighted by molar-refractivity contribution is -0.104. The van der Waals surface area contributed by atoms with Gasteiger partial charge in [-0.25, -0.2) is 0 Å². The summed E-state index contributed by atoms with van der Waals surface area (Å²) in [6.07, 6.45) is 11.2. The van der Waals surface area contributed by atoms with E-state index < -0.39 is 0 Å². The van der Waals surface area contributed by atoms with E-state index in [4.69, 9.17) is 0 Å². The van der Waals surface area contributed by atoms with Gasteiger partial charge < -0.3 is 0 Å². The highest BCUT2D eigenvalue weighted by Gasteiger charge is 2.26. The van der Waals surface area contributed by atoms with Gasteiger partial charge in [0.15, 0.2) is 0 Å². The molecule has 1 fully saturated rings. The molecule has 0 spiro atoms. The topological polar surface area (TPSA) is 17.1 Å². The Morgan fingerprint density at radius 3 is 2.33 bits per heavy atom. The van der Waals surface area contributed by atoms with E-state index in [1.165, 1.54) is 44.1 Å². The summed E-state index contributed by atoms with van der Waals surface area (Å²) < 4.78 is 0. The molecule has 0 aromatic heterocycles. The maximum atomic E-state index is 10.7. The van der Waals surface area contributed by atoms with Crippen LogP contribution in [-0.2, 0) is 10.2 Å². The van der Waals surface area contributed by atoms with Gasteiger partial charge in [0.05, 0.1) is 0 Å². The van der Waals surface area contributed by atoms with Gasteiger partial charge in [-0.15, -0.1) is 0 Å². The van der Waals surface area contributed by atoms with Crippen LogP contribution in [0.25, 0.3) is 6.08 Å². The second kappa shape index (κ2) is 7.06. The molecular formula is C20H28O. The zero-order valence-corrected chi connectivity index (χ0v) is 13.7. The van der Waals surface area contributed by atoms with Crippen molar-refractivity contribution in [3.8, 4) is 0 Å². The summed E-state index contributed by atoms with van der Waals surface area (Å²) in [6.45, 7) is 6.57. The molecule has 1 aliphatic carbocycles. The molecule has 114 valence electrons. The molecule has 0 atom stereocenters. The third-order valence-corrected chi connectivity index (χ3v) is 4.80. The molecule has 2 rings (SSSR count). The fourth-order valence-electron chi connectivity index (χ4n) is 3.56. The van der Waals surface area contributed by atoms with Gasteiger partial charge in [0.25, 0.3) is 0 Å². The fourth-order valence-corrected chi connectivity index (χ4v) is 3.56. The number of rotatable bonds is 5. The molecule has 0 heterocycles. The van der Waals surface area contributed by atoms with E-state index in [1.54, 1.807) is 0 Å². The zero-order chi connectivity index (χ0) is 15.3. The summed E-state index contributed by atoms with van der Waals surface area (Å²) in [4.78, 5) is 10.7. The smallest absolute Gasteiger partial charge is 0.145 e. The van der Waals surface area contributed by atoms with Crippen LogP contribution in [0.1, 0.15) is 70.4 Å². The van der Waals surface area contributed by atoms with Gasteiger partial charge in [0.1, 0.15) is 6.29 Å². The van der Waals surface area contributed by atoms with E-state index in [1.807, 2.05) is 13.0 Å². The first kappa shape index (κ1) is 16.0. The highest BCUT2D eigenvalue weighted by Crippen LogP contribution is 2.36. The summed E-state index contributed by atoms with van der Waals surface area (Å²) in [6, 6.07) is 8.72. The lowest BCUT2D eigenvalue weighted by Gasteiger charge is -2.32. The Hall–Kier alpha value is -1.37. The van der Waals surface area contributed by atoms with Crippen molar-refractivity contribution in [2.45, 2.75) is 64.7 Å². The maximum Gasteiger partial charge on any atom is 0.145 e. The van der Waals surface area contributed by atoms with Crippen molar-refractivity contribution in [1.29, 1.82) is 0 Å². The average molecular weight is 284 g/mol. The van der Waals surface area contributed by atoms with Crippen LogP contribution in [0, 0.1) is 5.92 Å². The first-order chi connectivity index (χ1) is 10.0. The SMILES string of the molecule is C/C(C=O)=C\c1ccc(C(C)(C)CC2CCCCC2)cc1. The number of hydrogen-bond donors (Lipinski definition) is 0. The minimum atomic E-state index is 0.240. The minimum Gasteiger partial charge on any atom is -0.298 e. The quantitative estimate of drug-likeness (QED) is 0.512. The predicted molar refractivity (Wildman–Crippen MR) is 90.4 cm³/mol. The van der Waals surface area contributed by atoms with E-state index in [9.17, 15) is 4.79 Å². The first-order valence-electron chi connectivity index (χ1n) is 8.25. The van der Waals surface area contributed by atoms with Crippen molar-refractivity contribution >= 4 is 12.4 Å². The Labute approximate surface area is 129 Å². The number of carbonyl (C=O) groups excluding carboxylic acids is 1. The lowest BCUT2D eigenvalue weighted by atomic mass is 9.73. The summed E-state index contributed by atoms with van der Waals surface area (Å²) >= 11 is 0. The van der Waals surface area contributed by atoms with Crippen molar-refractivity contribution in [2.75, 3.05) is 0 Å². The Balaban J connectivity index is 2.07. The largest absolute Gasteiger partial charge is 0.298 e. The molecule has 0 saturated heterocycles. The standard InChI is InChI=1S/C20H28O/c1-16(15-21)13-17-9-11-19(12-10-17)20(2,3)14-18-7-5-4-6-8-18/h9-13,15,18H,4-8,14H2,1-3H3/b16-13+. The fraction of sp³-hybridized carbons (Fsp3) is 0.550. The zero-order valence-electron chi connectivity index (χ0n) is 13.7. The summed E-state index contributed by atoms with van der Waals surface area (Å²) in [7, 11) is 0. The number of carbonyl (C=O) groups is 1. The minimum absolute atomic E-state index is 0.240. The molecular weight excluding hydrogens is 256 g/mol. The first-order valence-corrected chi connectivity index (χ1v) is 8.25.